The molecule has 5 rings (SSSR count). The number of piperidine rings is 1. The molecule has 1 saturated heterocycles. The second-order valence-electron chi connectivity index (χ2n) is 9.80. The van der Waals surface area contributed by atoms with Crippen molar-refractivity contribution in [2.75, 3.05) is 13.1 Å². The molecule has 150 valence electrons. The molecule has 2 aromatic rings. The zero-order valence-electron chi connectivity index (χ0n) is 18.0. The van der Waals surface area contributed by atoms with Gasteiger partial charge in [-0.05, 0) is 91.0 Å². The Morgan fingerprint density at radius 3 is 2.28 bits per heavy atom. The van der Waals surface area contributed by atoms with Gasteiger partial charge in [0.05, 0.1) is 0 Å². The fraction of sp³-hybridized carbons (Fsp3) is 0.429. The van der Waals surface area contributed by atoms with Crippen LogP contribution in [-0.2, 0) is 0 Å². The first-order valence-corrected chi connectivity index (χ1v) is 11.3. The Morgan fingerprint density at radius 1 is 1.00 bits per heavy atom. The summed E-state index contributed by atoms with van der Waals surface area (Å²) in [6.45, 7) is 15.1. The third-order valence-electron chi connectivity index (χ3n) is 7.75. The van der Waals surface area contributed by atoms with Crippen LogP contribution in [0, 0.1) is 18.3 Å². The molecular weight excluding hydrogens is 350 g/mol. The van der Waals surface area contributed by atoms with Crippen LogP contribution in [0.2, 0.25) is 0 Å². The quantitative estimate of drug-likeness (QED) is 0.528. The number of aryl methyl sites for hydroxylation is 1. The number of benzene rings is 2. The maximum Gasteiger partial charge on any atom is 0.0180 e. The molecule has 0 N–H and O–H groups in total. The maximum atomic E-state index is 4.37. The summed E-state index contributed by atoms with van der Waals surface area (Å²) in [7, 11) is 0. The van der Waals surface area contributed by atoms with Crippen LogP contribution >= 0.6 is 0 Å². The Kier molecular flexibility index (Phi) is 4.46. The predicted octanol–water partition coefficient (Wildman–Crippen LogP) is 7.19. The van der Waals surface area contributed by atoms with E-state index >= 15 is 0 Å². The average Bonchev–Trinajstić information content (AvgIpc) is 3.65. The van der Waals surface area contributed by atoms with Crippen molar-refractivity contribution in [3.8, 4) is 11.1 Å². The molecule has 1 spiro atoms. The highest BCUT2D eigenvalue weighted by molar-refractivity contribution is 5.72. The van der Waals surface area contributed by atoms with Crippen molar-refractivity contribution in [2.45, 2.75) is 51.9 Å². The molecule has 2 saturated carbocycles. The number of hydrogen-bond acceptors (Lipinski definition) is 1. The van der Waals surface area contributed by atoms with Crippen molar-refractivity contribution in [3.05, 3.63) is 78.0 Å². The molecular formula is C28H33N. The molecule has 0 amide bonds. The van der Waals surface area contributed by atoms with E-state index in [1.165, 1.54) is 73.1 Å². The summed E-state index contributed by atoms with van der Waals surface area (Å²) < 4.78 is 0. The highest BCUT2D eigenvalue weighted by Gasteiger charge is 2.55. The van der Waals surface area contributed by atoms with E-state index < -0.39 is 0 Å². The maximum absolute atomic E-state index is 4.37. The number of rotatable bonds is 5. The Labute approximate surface area is 176 Å². The first-order chi connectivity index (χ1) is 14.0. The summed E-state index contributed by atoms with van der Waals surface area (Å²) in [6, 6.07) is 16.1. The van der Waals surface area contributed by atoms with Crippen molar-refractivity contribution in [1.29, 1.82) is 0 Å². The van der Waals surface area contributed by atoms with Crippen molar-refractivity contribution < 1.29 is 0 Å². The monoisotopic (exact) mass is 383 g/mol. The predicted molar refractivity (Wildman–Crippen MR) is 124 cm³/mol. The van der Waals surface area contributed by atoms with E-state index in [1.54, 1.807) is 5.56 Å². The van der Waals surface area contributed by atoms with Crippen LogP contribution in [0.25, 0.3) is 16.7 Å². The zero-order chi connectivity index (χ0) is 20.2. The van der Waals surface area contributed by atoms with Crippen LogP contribution in [0.3, 0.4) is 0 Å². The van der Waals surface area contributed by atoms with Crippen LogP contribution in [0.15, 0.2) is 61.3 Å². The molecule has 0 radical (unpaired) electrons. The van der Waals surface area contributed by atoms with Gasteiger partial charge >= 0.3 is 0 Å². The van der Waals surface area contributed by atoms with Gasteiger partial charge in [-0.25, -0.2) is 0 Å². The van der Waals surface area contributed by atoms with E-state index in [1.807, 2.05) is 0 Å². The van der Waals surface area contributed by atoms with Crippen LogP contribution in [0.5, 0.6) is 0 Å². The van der Waals surface area contributed by atoms with Crippen LogP contribution in [0.4, 0.5) is 0 Å². The SMILES string of the molecule is C=C(C)c1ccc(-c2ccc(C3CC34CCN(C(=C)C3CC3)CC4)cc2)c(C)c1. The van der Waals surface area contributed by atoms with E-state index in [9.17, 15) is 0 Å². The Bertz CT molecular complexity index is 952. The smallest absolute Gasteiger partial charge is 0.0180 e. The normalized spacial score (nSPS) is 22.6. The zero-order valence-corrected chi connectivity index (χ0v) is 18.0. The third-order valence-corrected chi connectivity index (χ3v) is 7.75. The average molecular weight is 384 g/mol. The van der Waals surface area contributed by atoms with Gasteiger partial charge in [-0.15, -0.1) is 0 Å². The Morgan fingerprint density at radius 2 is 1.69 bits per heavy atom. The lowest BCUT2D eigenvalue weighted by atomic mass is 9.87. The van der Waals surface area contributed by atoms with Crippen LogP contribution in [-0.4, -0.2) is 18.0 Å². The minimum atomic E-state index is 0.570. The van der Waals surface area contributed by atoms with Gasteiger partial charge in [-0.3, -0.25) is 0 Å². The molecule has 1 heterocycles. The first-order valence-electron chi connectivity index (χ1n) is 11.3. The minimum absolute atomic E-state index is 0.570. The molecule has 3 fully saturated rings. The number of allylic oxidation sites excluding steroid dienone is 2. The van der Waals surface area contributed by atoms with Gasteiger partial charge in [0.25, 0.3) is 0 Å². The molecule has 1 unspecified atom stereocenters. The number of likely N-dealkylation sites (tertiary alicyclic amines) is 1. The minimum Gasteiger partial charge on any atom is -0.375 e. The molecule has 0 bridgehead atoms. The van der Waals surface area contributed by atoms with Gasteiger partial charge in [0, 0.05) is 18.8 Å². The summed E-state index contributed by atoms with van der Waals surface area (Å²) in [4.78, 5) is 2.58. The van der Waals surface area contributed by atoms with E-state index in [0.29, 0.717) is 5.41 Å². The molecule has 1 aliphatic heterocycles. The summed E-state index contributed by atoms with van der Waals surface area (Å²) in [5, 5.41) is 0. The van der Waals surface area contributed by atoms with Crippen LogP contribution < -0.4 is 0 Å². The molecule has 1 heteroatoms. The molecule has 29 heavy (non-hydrogen) atoms. The summed E-state index contributed by atoms with van der Waals surface area (Å²) in [5.74, 6) is 1.57. The highest BCUT2D eigenvalue weighted by Crippen LogP contribution is 2.65. The van der Waals surface area contributed by atoms with E-state index in [4.69, 9.17) is 0 Å². The Balaban J connectivity index is 1.26. The molecule has 1 atom stereocenters. The van der Waals surface area contributed by atoms with Gasteiger partial charge in [0.15, 0.2) is 0 Å². The van der Waals surface area contributed by atoms with E-state index in [0.717, 1.165) is 17.4 Å². The number of hydrogen-bond donors (Lipinski definition) is 0. The van der Waals surface area contributed by atoms with Crippen molar-refractivity contribution in [3.63, 3.8) is 0 Å². The van der Waals surface area contributed by atoms with Gasteiger partial charge in [-0.2, -0.15) is 0 Å². The van der Waals surface area contributed by atoms with E-state index in [-0.39, 0.29) is 0 Å². The molecule has 0 aromatic heterocycles. The van der Waals surface area contributed by atoms with Crippen LogP contribution in [0.1, 0.15) is 61.6 Å². The third kappa shape index (κ3) is 3.45. The largest absolute Gasteiger partial charge is 0.375 e. The fourth-order valence-corrected chi connectivity index (χ4v) is 5.43. The summed E-state index contributed by atoms with van der Waals surface area (Å²) in [5.41, 5.74) is 9.88. The number of nitrogens with zero attached hydrogens (tertiary/aromatic N) is 1. The molecule has 3 aliphatic rings. The first kappa shape index (κ1) is 18.7. The lowest BCUT2D eigenvalue weighted by molar-refractivity contribution is 0.201. The summed E-state index contributed by atoms with van der Waals surface area (Å²) in [6.07, 6.45) is 6.79. The van der Waals surface area contributed by atoms with Gasteiger partial charge < -0.3 is 4.90 Å². The van der Waals surface area contributed by atoms with Gasteiger partial charge in [0.2, 0.25) is 0 Å². The van der Waals surface area contributed by atoms with Gasteiger partial charge in [0.1, 0.15) is 0 Å². The fourth-order valence-electron chi connectivity index (χ4n) is 5.43. The van der Waals surface area contributed by atoms with Gasteiger partial charge in [-0.1, -0.05) is 61.2 Å². The standard InChI is InChI=1S/C28H33N/c1-19(2)25-11-12-26(20(3)17-25)23-7-9-24(10-8-23)27-18-28(27)13-15-29(16-14-28)21(4)22-5-6-22/h7-12,17,22,27H,1,4-6,13-16,18H2,2-3H3. The molecule has 2 aromatic carbocycles. The Hall–Kier alpha value is -2.28. The van der Waals surface area contributed by atoms with Crippen molar-refractivity contribution in [2.24, 2.45) is 11.3 Å². The lowest BCUT2D eigenvalue weighted by Crippen LogP contribution is -2.34. The molecule has 2 aliphatic carbocycles. The highest BCUT2D eigenvalue weighted by atomic mass is 15.2. The second-order valence-corrected chi connectivity index (χ2v) is 9.80. The van der Waals surface area contributed by atoms with Crippen molar-refractivity contribution in [1.82, 2.24) is 4.90 Å². The second kappa shape index (κ2) is 6.90. The topological polar surface area (TPSA) is 3.24 Å². The van der Waals surface area contributed by atoms with E-state index in [2.05, 4.69) is 74.4 Å². The molecule has 1 nitrogen and oxygen atoms in total. The van der Waals surface area contributed by atoms with Crippen molar-refractivity contribution >= 4 is 5.57 Å². The summed E-state index contributed by atoms with van der Waals surface area (Å²) >= 11 is 0. The lowest BCUT2D eigenvalue weighted by Gasteiger charge is -2.36.